The first-order valence-corrected chi connectivity index (χ1v) is 5.80. The average molecular weight is 208 g/mol. The first-order valence-electron chi connectivity index (χ1n) is 5.80. The molecule has 0 atom stereocenters. The van der Waals surface area contributed by atoms with E-state index in [1.807, 2.05) is 12.1 Å². The highest BCUT2D eigenvalue weighted by Gasteiger charge is 2.10. The Labute approximate surface area is 91.7 Å². The van der Waals surface area contributed by atoms with E-state index in [1.54, 1.807) is 6.26 Å². The van der Waals surface area contributed by atoms with Crippen LogP contribution in [0.5, 0.6) is 0 Å². The molecule has 1 rings (SSSR count). The van der Waals surface area contributed by atoms with Crippen molar-refractivity contribution in [2.24, 2.45) is 5.92 Å². The van der Waals surface area contributed by atoms with Crippen LogP contribution in [-0.4, -0.2) is 5.78 Å². The van der Waals surface area contributed by atoms with Crippen LogP contribution >= 0.6 is 0 Å². The molecule has 0 unspecified atom stereocenters. The second kappa shape index (κ2) is 6.44. The summed E-state index contributed by atoms with van der Waals surface area (Å²) in [4.78, 5) is 11.6. The fourth-order valence-corrected chi connectivity index (χ4v) is 1.72. The first kappa shape index (κ1) is 12.0. The fourth-order valence-electron chi connectivity index (χ4n) is 1.72. The normalized spacial score (nSPS) is 10.9. The van der Waals surface area contributed by atoms with Gasteiger partial charge >= 0.3 is 0 Å². The highest BCUT2D eigenvalue weighted by atomic mass is 16.3. The van der Waals surface area contributed by atoms with Gasteiger partial charge in [-0.2, -0.15) is 0 Å². The number of carbonyl (C=O) groups excluding carboxylic acids is 1. The molecule has 0 saturated heterocycles. The summed E-state index contributed by atoms with van der Waals surface area (Å²) in [6.45, 7) is 4.29. The number of Topliss-reactive ketones (excluding diaryl/α,β-unsaturated/α-hetero) is 1. The maximum absolute atomic E-state index is 11.6. The minimum atomic E-state index is 0.361. The van der Waals surface area contributed by atoms with Crippen LogP contribution in [0.2, 0.25) is 0 Å². The molecule has 0 bridgehead atoms. The summed E-state index contributed by atoms with van der Waals surface area (Å²) in [6.07, 6.45) is 5.94. The zero-order chi connectivity index (χ0) is 11.1. The predicted molar refractivity (Wildman–Crippen MR) is 60.7 cm³/mol. The van der Waals surface area contributed by atoms with E-state index >= 15 is 0 Å². The number of hydrogen-bond acceptors (Lipinski definition) is 2. The van der Waals surface area contributed by atoms with Crippen molar-refractivity contribution in [2.45, 2.75) is 46.0 Å². The molecule has 0 aliphatic carbocycles. The molecule has 1 aromatic heterocycles. The lowest BCUT2D eigenvalue weighted by Gasteiger charge is -2.10. The minimum Gasteiger partial charge on any atom is -0.469 e. The first-order chi connectivity index (χ1) is 7.26. The molecule has 2 nitrogen and oxygen atoms in total. The topological polar surface area (TPSA) is 30.2 Å². The molecule has 0 aliphatic heterocycles. The second-order valence-corrected chi connectivity index (χ2v) is 4.00. The summed E-state index contributed by atoms with van der Waals surface area (Å²) in [5, 5.41) is 0. The Kier molecular flexibility index (Phi) is 5.16. The van der Waals surface area contributed by atoms with E-state index in [0.717, 1.165) is 31.4 Å². The lowest BCUT2D eigenvalue weighted by Crippen LogP contribution is -2.07. The van der Waals surface area contributed by atoms with E-state index in [2.05, 4.69) is 13.8 Å². The van der Waals surface area contributed by atoms with Crippen LogP contribution in [0.1, 0.15) is 45.3 Å². The van der Waals surface area contributed by atoms with E-state index in [9.17, 15) is 4.79 Å². The van der Waals surface area contributed by atoms with E-state index in [-0.39, 0.29) is 0 Å². The predicted octanol–water partition coefficient (Wildman–Crippen LogP) is 3.61. The standard InChI is InChI=1S/C13H20O2/c1-3-11(4-2)10-12(14)7-8-13-6-5-9-15-13/h5-6,9,11H,3-4,7-8,10H2,1-2H3. The molecule has 0 saturated carbocycles. The van der Waals surface area contributed by atoms with Crippen LogP contribution in [0.15, 0.2) is 22.8 Å². The van der Waals surface area contributed by atoms with Crippen molar-refractivity contribution in [2.75, 3.05) is 0 Å². The number of rotatable bonds is 7. The van der Waals surface area contributed by atoms with Crippen molar-refractivity contribution in [1.29, 1.82) is 0 Å². The molecular formula is C13H20O2. The SMILES string of the molecule is CCC(CC)CC(=O)CCc1ccco1. The minimum absolute atomic E-state index is 0.361. The van der Waals surface area contributed by atoms with Crippen LogP contribution in [0.3, 0.4) is 0 Å². The van der Waals surface area contributed by atoms with Gasteiger partial charge in [0.25, 0.3) is 0 Å². The number of ketones is 1. The Morgan fingerprint density at radius 3 is 2.67 bits per heavy atom. The Morgan fingerprint density at radius 2 is 2.13 bits per heavy atom. The molecule has 15 heavy (non-hydrogen) atoms. The molecule has 84 valence electrons. The van der Waals surface area contributed by atoms with Crippen molar-refractivity contribution >= 4 is 5.78 Å². The number of carbonyl (C=O) groups is 1. The third kappa shape index (κ3) is 4.32. The maximum Gasteiger partial charge on any atom is 0.133 e. The van der Waals surface area contributed by atoms with E-state index in [1.165, 1.54) is 0 Å². The molecule has 2 heteroatoms. The third-order valence-corrected chi connectivity index (χ3v) is 2.90. The van der Waals surface area contributed by atoms with Gasteiger partial charge in [-0.25, -0.2) is 0 Å². The van der Waals surface area contributed by atoms with Crippen molar-refractivity contribution in [1.82, 2.24) is 0 Å². The summed E-state index contributed by atoms with van der Waals surface area (Å²) in [7, 11) is 0. The fraction of sp³-hybridized carbons (Fsp3) is 0.615. The lowest BCUT2D eigenvalue weighted by atomic mass is 9.95. The smallest absolute Gasteiger partial charge is 0.133 e. The van der Waals surface area contributed by atoms with Gasteiger partial charge < -0.3 is 4.42 Å². The summed E-state index contributed by atoms with van der Waals surface area (Å²) in [6, 6.07) is 3.78. The van der Waals surface area contributed by atoms with Gasteiger partial charge in [0.15, 0.2) is 0 Å². The van der Waals surface area contributed by atoms with Gasteiger partial charge in [0.05, 0.1) is 6.26 Å². The third-order valence-electron chi connectivity index (χ3n) is 2.90. The van der Waals surface area contributed by atoms with Gasteiger partial charge in [-0.05, 0) is 18.1 Å². The maximum atomic E-state index is 11.6. The highest BCUT2D eigenvalue weighted by molar-refractivity contribution is 5.78. The van der Waals surface area contributed by atoms with Gasteiger partial charge in [-0.1, -0.05) is 26.7 Å². The molecule has 1 aromatic rings. The number of furan rings is 1. The van der Waals surface area contributed by atoms with Gasteiger partial charge in [0.1, 0.15) is 11.5 Å². The Bertz CT molecular complexity index is 271. The number of aryl methyl sites for hydroxylation is 1. The van der Waals surface area contributed by atoms with Crippen LogP contribution in [0.4, 0.5) is 0 Å². The monoisotopic (exact) mass is 208 g/mol. The summed E-state index contributed by atoms with van der Waals surface area (Å²) in [5.74, 6) is 1.84. The van der Waals surface area contributed by atoms with E-state index in [0.29, 0.717) is 18.1 Å². The van der Waals surface area contributed by atoms with Crippen molar-refractivity contribution in [3.05, 3.63) is 24.2 Å². The average Bonchev–Trinajstić information content (AvgIpc) is 2.75. The highest BCUT2D eigenvalue weighted by Crippen LogP contribution is 2.15. The van der Waals surface area contributed by atoms with Gasteiger partial charge in [-0.3, -0.25) is 4.79 Å². The quantitative estimate of drug-likeness (QED) is 0.685. The zero-order valence-corrected chi connectivity index (χ0v) is 9.66. The largest absolute Gasteiger partial charge is 0.469 e. The van der Waals surface area contributed by atoms with Crippen LogP contribution in [-0.2, 0) is 11.2 Å². The molecule has 0 amide bonds. The Morgan fingerprint density at radius 1 is 1.40 bits per heavy atom. The Balaban J connectivity index is 2.24. The van der Waals surface area contributed by atoms with Crippen molar-refractivity contribution in [3.63, 3.8) is 0 Å². The lowest BCUT2D eigenvalue weighted by molar-refractivity contribution is -0.120. The molecular weight excluding hydrogens is 188 g/mol. The molecule has 0 fully saturated rings. The van der Waals surface area contributed by atoms with Crippen LogP contribution in [0, 0.1) is 5.92 Å². The van der Waals surface area contributed by atoms with E-state index < -0.39 is 0 Å². The molecule has 0 aliphatic rings. The number of hydrogen-bond donors (Lipinski definition) is 0. The summed E-state index contributed by atoms with van der Waals surface area (Å²) < 4.78 is 5.19. The summed E-state index contributed by atoms with van der Waals surface area (Å²) >= 11 is 0. The van der Waals surface area contributed by atoms with Gasteiger partial charge in [0, 0.05) is 19.3 Å². The van der Waals surface area contributed by atoms with E-state index in [4.69, 9.17) is 4.42 Å². The molecule has 0 N–H and O–H groups in total. The molecule has 0 radical (unpaired) electrons. The van der Waals surface area contributed by atoms with Crippen molar-refractivity contribution < 1.29 is 9.21 Å². The summed E-state index contributed by atoms with van der Waals surface area (Å²) in [5.41, 5.74) is 0. The van der Waals surface area contributed by atoms with Crippen LogP contribution < -0.4 is 0 Å². The van der Waals surface area contributed by atoms with Crippen LogP contribution in [0.25, 0.3) is 0 Å². The Hall–Kier alpha value is -1.05. The van der Waals surface area contributed by atoms with Gasteiger partial charge in [-0.15, -0.1) is 0 Å². The zero-order valence-electron chi connectivity index (χ0n) is 9.66. The second-order valence-electron chi connectivity index (χ2n) is 4.00. The van der Waals surface area contributed by atoms with Crippen molar-refractivity contribution in [3.8, 4) is 0 Å². The molecule has 0 aromatic carbocycles. The molecule has 0 spiro atoms. The van der Waals surface area contributed by atoms with Gasteiger partial charge in [0.2, 0.25) is 0 Å². The molecule has 1 heterocycles.